The molecule has 1 fully saturated rings. The van der Waals surface area contributed by atoms with Crippen LogP contribution in [0.4, 0.5) is 0 Å². The normalized spacial score (nSPS) is 14.4. The number of halogens is 1. The molecule has 0 atom stereocenters. The lowest BCUT2D eigenvalue weighted by molar-refractivity contribution is 0.0534. The van der Waals surface area contributed by atoms with E-state index in [1.165, 1.54) is 0 Å². The Morgan fingerprint density at radius 2 is 1.47 bits per heavy atom. The van der Waals surface area contributed by atoms with Crippen LogP contribution in [0, 0.1) is 0 Å². The van der Waals surface area contributed by atoms with E-state index in [4.69, 9.17) is 11.6 Å². The van der Waals surface area contributed by atoms with Crippen LogP contribution in [0.25, 0.3) is 21.7 Å². The van der Waals surface area contributed by atoms with Crippen LogP contribution in [-0.2, 0) is 0 Å². The SMILES string of the molecule is O=C(c1cc2cc(Cl)ccc2[nH]1)N1CCN(C(=O)c2cccc3ccccc23)CC1. The Kier molecular flexibility index (Phi) is 4.68. The Hall–Kier alpha value is -3.31. The molecule has 30 heavy (non-hydrogen) atoms. The fraction of sp³-hybridized carbons (Fsp3) is 0.167. The molecular formula is C24H20ClN3O2. The standard InChI is InChI=1S/C24H20ClN3O2/c25-18-8-9-21-17(14-18)15-22(26-21)24(30)28-12-10-27(11-13-28)23(29)20-7-3-5-16-4-1-2-6-19(16)20/h1-9,14-15,26H,10-13H2. The molecular weight excluding hydrogens is 398 g/mol. The smallest absolute Gasteiger partial charge is 0.270 e. The minimum absolute atomic E-state index is 0.0131. The van der Waals surface area contributed by atoms with Gasteiger partial charge in [-0.3, -0.25) is 9.59 Å². The summed E-state index contributed by atoms with van der Waals surface area (Å²) in [7, 11) is 0. The van der Waals surface area contributed by atoms with Gasteiger partial charge in [0.2, 0.25) is 0 Å². The maximum atomic E-state index is 13.1. The van der Waals surface area contributed by atoms with Gasteiger partial charge in [0.15, 0.2) is 0 Å². The Labute approximate surface area is 178 Å². The zero-order valence-corrected chi connectivity index (χ0v) is 17.0. The number of nitrogens with one attached hydrogen (secondary N) is 1. The van der Waals surface area contributed by atoms with Crippen molar-refractivity contribution in [3.05, 3.63) is 83.0 Å². The topological polar surface area (TPSA) is 56.4 Å². The van der Waals surface area contributed by atoms with Crippen LogP contribution >= 0.6 is 11.6 Å². The van der Waals surface area contributed by atoms with E-state index in [9.17, 15) is 9.59 Å². The van der Waals surface area contributed by atoms with Crippen molar-refractivity contribution < 1.29 is 9.59 Å². The number of fused-ring (bicyclic) bond motifs is 2. The average Bonchev–Trinajstić information content (AvgIpc) is 3.21. The quantitative estimate of drug-likeness (QED) is 0.519. The predicted molar refractivity (Wildman–Crippen MR) is 119 cm³/mol. The molecule has 3 aromatic carbocycles. The zero-order chi connectivity index (χ0) is 20.7. The molecule has 2 amide bonds. The van der Waals surface area contributed by atoms with Gasteiger partial charge < -0.3 is 14.8 Å². The minimum Gasteiger partial charge on any atom is -0.351 e. The van der Waals surface area contributed by atoms with Gasteiger partial charge in [-0.15, -0.1) is 0 Å². The molecule has 6 heteroatoms. The van der Waals surface area contributed by atoms with Gasteiger partial charge in [0, 0.05) is 47.7 Å². The molecule has 0 unspecified atom stereocenters. The predicted octanol–water partition coefficient (Wildman–Crippen LogP) is 4.57. The summed E-state index contributed by atoms with van der Waals surface area (Å²) in [6, 6.07) is 21.0. The van der Waals surface area contributed by atoms with Crippen LogP contribution < -0.4 is 0 Å². The number of carbonyl (C=O) groups excluding carboxylic acids is 2. The molecule has 0 bridgehead atoms. The lowest BCUT2D eigenvalue weighted by atomic mass is 10.0. The maximum absolute atomic E-state index is 13.1. The number of hydrogen-bond donors (Lipinski definition) is 1. The average molecular weight is 418 g/mol. The van der Waals surface area contributed by atoms with Gasteiger partial charge in [-0.1, -0.05) is 48.0 Å². The molecule has 1 aliphatic rings. The van der Waals surface area contributed by atoms with E-state index in [0.29, 0.717) is 42.5 Å². The lowest BCUT2D eigenvalue weighted by Crippen LogP contribution is -2.50. The number of benzene rings is 3. The number of aromatic nitrogens is 1. The van der Waals surface area contributed by atoms with Crippen LogP contribution in [0.1, 0.15) is 20.8 Å². The van der Waals surface area contributed by atoms with Gasteiger partial charge in [0.25, 0.3) is 11.8 Å². The number of H-pyrrole nitrogens is 1. The summed E-state index contributed by atoms with van der Waals surface area (Å²) >= 11 is 6.04. The highest BCUT2D eigenvalue weighted by molar-refractivity contribution is 6.31. The van der Waals surface area contributed by atoms with Crippen LogP contribution in [0.3, 0.4) is 0 Å². The first-order valence-electron chi connectivity index (χ1n) is 9.95. The van der Waals surface area contributed by atoms with Crippen molar-refractivity contribution in [3.8, 4) is 0 Å². The van der Waals surface area contributed by atoms with Gasteiger partial charge in [-0.25, -0.2) is 0 Å². The second-order valence-corrected chi connectivity index (χ2v) is 7.96. The first kappa shape index (κ1) is 18.7. The van der Waals surface area contributed by atoms with Crippen molar-refractivity contribution in [1.29, 1.82) is 0 Å². The number of carbonyl (C=O) groups is 2. The Bertz CT molecular complexity index is 1270. The van der Waals surface area contributed by atoms with Crippen molar-refractivity contribution >= 4 is 45.1 Å². The third-order valence-electron chi connectivity index (χ3n) is 5.69. The summed E-state index contributed by atoms with van der Waals surface area (Å²) in [5.74, 6) is -0.0428. The molecule has 0 radical (unpaired) electrons. The molecule has 5 nitrogen and oxygen atoms in total. The number of nitrogens with zero attached hydrogens (tertiary/aromatic N) is 2. The zero-order valence-electron chi connectivity index (χ0n) is 16.3. The monoisotopic (exact) mass is 417 g/mol. The first-order valence-corrected chi connectivity index (χ1v) is 10.3. The van der Waals surface area contributed by atoms with Gasteiger partial charge in [0.05, 0.1) is 0 Å². The van der Waals surface area contributed by atoms with Crippen molar-refractivity contribution in [2.75, 3.05) is 26.2 Å². The molecule has 2 heterocycles. The third kappa shape index (κ3) is 3.31. The fourth-order valence-corrected chi connectivity index (χ4v) is 4.26. The van der Waals surface area contributed by atoms with Crippen LogP contribution in [0.5, 0.6) is 0 Å². The highest BCUT2D eigenvalue weighted by Crippen LogP contribution is 2.23. The number of rotatable bonds is 2. The van der Waals surface area contributed by atoms with E-state index < -0.39 is 0 Å². The van der Waals surface area contributed by atoms with E-state index >= 15 is 0 Å². The Morgan fingerprint density at radius 1 is 0.767 bits per heavy atom. The molecule has 1 N–H and O–H groups in total. The van der Waals surface area contributed by atoms with E-state index in [1.54, 1.807) is 11.0 Å². The summed E-state index contributed by atoms with van der Waals surface area (Å²) in [6.07, 6.45) is 0. The summed E-state index contributed by atoms with van der Waals surface area (Å²) in [5.41, 5.74) is 2.13. The highest BCUT2D eigenvalue weighted by atomic mass is 35.5. The summed E-state index contributed by atoms with van der Waals surface area (Å²) < 4.78 is 0. The van der Waals surface area contributed by atoms with Gasteiger partial charge in [-0.05, 0) is 41.1 Å². The van der Waals surface area contributed by atoms with Crippen LogP contribution in [0.2, 0.25) is 5.02 Å². The lowest BCUT2D eigenvalue weighted by Gasteiger charge is -2.34. The Balaban J connectivity index is 1.30. The number of aromatic amines is 1. The molecule has 0 aliphatic carbocycles. The van der Waals surface area contributed by atoms with Crippen LogP contribution in [0.15, 0.2) is 66.7 Å². The van der Waals surface area contributed by atoms with Gasteiger partial charge in [-0.2, -0.15) is 0 Å². The number of hydrogen-bond acceptors (Lipinski definition) is 2. The van der Waals surface area contributed by atoms with E-state index in [2.05, 4.69) is 4.98 Å². The van der Waals surface area contributed by atoms with E-state index in [-0.39, 0.29) is 11.8 Å². The molecule has 1 aliphatic heterocycles. The van der Waals surface area contributed by atoms with Gasteiger partial charge >= 0.3 is 0 Å². The maximum Gasteiger partial charge on any atom is 0.270 e. The van der Waals surface area contributed by atoms with Crippen molar-refractivity contribution in [2.45, 2.75) is 0 Å². The molecule has 150 valence electrons. The number of piperazine rings is 1. The third-order valence-corrected chi connectivity index (χ3v) is 5.92. The van der Waals surface area contributed by atoms with E-state index in [1.807, 2.05) is 65.6 Å². The highest BCUT2D eigenvalue weighted by Gasteiger charge is 2.27. The molecule has 0 spiro atoms. The Morgan fingerprint density at radius 3 is 2.27 bits per heavy atom. The van der Waals surface area contributed by atoms with Crippen LogP contribution in [-0.4, -0.2) is 52.8 Å². The molecule has 1 saturated heterocycles. The largest absolute Gasteiger partial charge is 0.351 e. The fourth-order valence-electron chi connectivity index (χ4n) is 4.08. The molecule has 4 aromatic rings. The van der Waals surface area contributed by atoms with E-state index in [0.717, 1.165) is 21.7 Å². The van der Waals surface area contributed by atoms with Crippen molar-refractivity contribution in [2.24, 2.45) is 0 Å². The summed E-state index contributed by atoms with van der Waals surface area (Å²) in [6.45, 7) is 2.04. The molecule has 1 aromatic heterocycles. The number of amides is 2. The van der Waals surface area contributed by atoms with Crippen molar-refractivity contribution in [1.82, 2.24) is 14.8 Å². The second kappa shape index (κ2) is 7.50. The second-order valence-electron chi connectivity index (χ2n) is 7.53. The molecule has 5 rings (SSSR count). The summed E-state index contributed by atoms with van der Waals surface area (Å²) in [4.78, 5) is 32.8. The minimum atomic E-state index is -0.0559. The van der Waals surface area contributed by atoms with Gasteiger partial charge in [0.1, 0.15) is 5.69 Å². The summed E-state index contributed by atoms with van der Waals surface area (Å²) in [5, 5.41) is 3.56. The van der Waals surface area contributed by atoms with Crippen molar-refractivity contribution in [3.63, 3.8) is 0 Å². The molecule has 0 saturated carbocycles. The first-order chi connectivity index (χ1) is 14.6.